The van der Waals surface area contributed by atoms with Crippen molar-refractivity contribution in [1.82, 2.24) is 0 Å². The molecule has 0 saturated heterocycles. The SMILES string of the molecule is CC(C)(C)c1cc(Cl)c(O)c(Cc2ccc(Cl)cc2Cl)c1. The highest BCUT2D eigenvalue weighted by Gasteiger charge is 2.18. The van der Waals surface area contributed by atoms with Crippen LogP contribution in [-0.2, 0) is 11.8 Å². The van der Waals surface area contributed by atoms with Crippen LogP contribution in [0.5, 0.6) is 5.75 Å². The molecule has 1 nitrogen and oxygen atoms in total. The number of benzene rings is 2. The van der Waals surface area contributed by atoms with E-state index in [0.717, 1.165) is 16.7 Å². The van der Waals surface area contributed by atoms with Gasteiger partial charge in [-0.05, 0) is 34.7 Å². The van der Waals surface area contributed by atoms with E-state index in [2.05, 4.69) is 20.8 Å². The molecule has 0 aromatic heterocycles. The van der Waals surface area contributed by atoms with Gasteiger partial charge in [0.25, 0.3) is 0 Å². The van der Waals surface area contributed by atoms with Gasteiger partial charge in [0, 0.05) is 22.0 Å². The number of phenols is 1. The van der Waals surface area contributed by atoms with Gasteiger partial charge in [-0.1, -0.05) is 67.7 Å². The summed E-state index contributed by atoms with van der Waals surface area (Å²) in [7, 11) is 0. The second-order valence-corrected chi connectivity index (χ2v) is 7.38. The molecule has 112 valence electrons. The number of halogens is 3. The second-order valence-electron chi connectivity index (χ2n) is 6.13. The Bertz CT molecular complexity index is 672. The summed E-state index contributed by atoms with van der Waals surface area (Å²) in [5, 5.41) is 11.7. The highest BCUT2D eigenvalue weighted by atomic mass is 35.5. The summed E-state index contributed by atoms with van der Waals surface area (Å²) in [5.74, 6) is 0.107. The summed E-state index contributed by atoms with van der Waals surface area (Å²) < 4.78 is 0. The lowest BCUT2D eigenvalue weighted by atomic mass is 9.85. The van der Waals surface area contributed by atoms with Gasteiger partial charge in [-0.15, -0.1) is 0 Å². The van der Waals surface area contributed by atoms with E-state index in [0.29, 0.717) is 21.5 Å². The quantitative estimate of drug-likeness (QED) is 0.684. The maximum atomic E-state index is 10.2. The molecule has 0 aliphatic carbocycles. The first-order chi connectivity index (χ1) is 9.68. The molecular formula is C17H17Cl3O. The van der Waals surface area contributed by atoms with Gasteiger partial charge in [-0.3, -0.25) is 0 Å². The normalized spacial score (nSPS) is 11.7. The zero-order valence-electron chi connectivity index (χ0n) is 12.2. The first-order valence-corrected chi connectivity index (χ1v) is 7.77. The molecule has 0 atom stereocenters. The fraction of sp³-hybridized carbons (Fsp3) is 0.294. The van der Waals surface area contributed by atoms with Crippen LogP contribution >= 0.6 is 34.8 Å². The monoisotopic (exact) mass is 342 g/mol. The van der Waals surface area contributed by atoms with E-state index in [4.69, 9.17) is 34.8 Å². The summed E-state index contributed by atoms with van der Waals surface area (Å²) in [6.45, 7) is 6.32. The molecule has 0 radical (unpaired) electrons. The predicted octanol–water partition coefficient (Wildman–Crippen LogP) is 6.24. The average Bonchev–Trinajstić information content (AvgIpc) is 2.36. The van der Waals surface area contributed by atoms with Crippen molar-refractivity contribution < 1.29 is 5.11 Å². The van der Waals surface area contributed by atoms with Crippen LogP contribution in [0, 0.1) is 0 Å². The molecule has 0 unspecified atom stereocenters. The molecule has 0 aliphatic rings. The van der Waals surface area contributed by atoms with Crippen molar-refractivity contribution >= 4 is 34.8 Å². The maximum Gasteiger partial charge on any atom is 0.137 e. The van der Waals surface area contributed by atoms with Crippen LogP contribution in [0.1, 0.15) is 37.5 Å². The zero-order chi connectivity index (χ0) is 15.8. The average molecular weight is 344 g/mol. The van der Waals surface area contributed by atoms with Crippen molar-refractivity contribution in [1.29, 1.82) is 0 Å². The Labute approximate surface area is 140 Å². The lowest BCUT2D eigenvalue weighted by Crippen LogP contribution is -2.11. The van der Waals surface area contributed by atoms with Crippen molar-refractivity contribution in [3.8, 4) is 5.75 Å². The first-order valence-electron chi connectivity index (χ1n) is 6.64. The largest absolute Gasteiger partial charge is 0.506 e. The van der Waals surface area contributed by atoms with Crippen LogP contribution < -0.4 is 0 Å². The fourth-order valence-electron chi connectivity index (χ4n) is 2.09. The van der Waals surface area contributed by atoms with Crippen molar-refractivity contribution in [2.75, 3.05) is 0 Å². The van der Waals surface area contributed by atoms with Gasteiger partial charge in [0.1, 0.15) is 5.75 Å². The highest BCUT2D eigenvalue weighted by molar-refractivity contribution is 6.35. The molecule has 0 heterocycles. The summed E-state index contributed by atoms with van der Waals surface area (Å²) in [6, 6.07) is 9.14. The van der Waals surface area contributed by atoms with E-state index in [1.165, 1.54) is 0 Å². The molecule has 0 fully saturated rings. The number of hydrogen-bond acceptors (Lipinski definition) is 1. The molecule has 2 rings (SSSR count). The van der Waals surface area contributed by atoms with Crippen LogP contribution in [0.25, 0.3) is 0 Å². The molecule has 0 saturated carbocycles. The Balaban J connectivity index is 2.46. The lowest BCUT2D eigenvalue weighted by Gasteiger charge is -2.21. The second kappa shape index (κ2) is 6.08. The van der Waals surface area contributed by atoms with Gasteiger partial charge >= 0.3 is 0 Å². The minimum Gasteiger partial charge on any atom is -0.506 e. The van der Waals surface area contributed by atoms with Gasteiger partial charge in [-0.25, -0.2) is 0 Å². The number of phenolic OH excluding ortho intramolecular Hbond substituents is 1. The Kier molecular flexibility index (Phi) is 4.77. The molecule has 0 bridgehead atoms. The number of aromatic hydroxyl groups is 1. The molecule has 21 heavy (non-hydrogen) atoms. The third-order valence-corrected chi connectivity index (χ3v) is 4.28. The smallest absolute Gasteiger partial charge is 0.137 e. The van der Waals surface area contributed by atoms with E-state index in [1.54, 1.807) is 12.1 Å². The van der Waals surface area contributed by atoms with Crippen LogP contribution in [0.2, 0.25) is 15.1 Å². The van der Waals surface area contributed by atoms with Gasteiger partial charge in [0.2, 0.25) is 0 Å². The number of rotatable bonds is 2. The van der Waals surface area contributed by atoms with Crippen LogP contribution in [0.4, 0.5) is 0 Å². The van der Waals surface area contributed by atoms with Crippen molar-refractivity contribution in [2.45, 2.75) is 32.6 Å². The van der Waals surface area contributed by atoms with Gasteiger partial charge < -0.3 is 5.11 Å². The first kappa shape index (κ1) is 16.5. The minimum atomic E-state index is -0.0458. The van der Waals surface area contributed by atoms with E-state index >= 15 is 0 Å². The van der Waals surface area contributed by atoms with Crippen molar-refractivity contribution in [2.24, 2.45) is 0 Å². The molecule has 0 aliphatic heterocycles. The van der Waals surface area contributed by atoms with E-state index in [9.17, 15) is 5.11 Å². The summed E-state index contributed by atoms with van der Waals surface area (Å²) >= 11 is 18.3. The van der Waals surface area contributed by atoms with Gasteiger partial charge in [-0.2, -0.15) is 0 Å². The number of hydrogen-bond donors (Lipinski definition) is 1. The third-order valence-electron chi connectivity index (χ3n) is 3.40. The molecule has 0 amide bonds. The zero-order valence-corrected chi connectivity index (χ0v) is 14.4. The standard InChI is InChI=1S/C17H17Cl3O/c1-17(2,3)12-7-11(16(21)15(20)8-12)6-10-4-5-13(18)9-14(10)19/h4-5,7-9,21H,6H2,1-3H3. The molecule has 2 aromatic carbocycles. The van der Waals surface area contributed by atoms with Crippen LogP contribution in [0.3, 0.4) is 0 Å². The van der Waals surface area contributed by atoms with Crippen molar-refractivity contribution in [3.05, 3.63) is 62.1 Å². The maximum absolute atomic E-state index is 10.2. The molecule has 1 N–H and O–H groups in total. The van der Waals surface area contributed by atoms with Gasteiger partial charge in [0.15, 0.2) is 0 Å². The Morgan fingerprint density at radius 1 is 0.905 bits per heavy atom. The van der Waals surface area contributed by atoms with E-state index < -0.39 is 0 Å². The summed E-state index contributed by atoms with van der Waals surface area (Å²) in [4.78, 5) is 0. The Morgan fingerprint density at radius 3 is 2.14 bits per heavy atom. The van der Waals surface area contributed by atoms with E-state index in [1.807, 2.05) is 18.2 Å². The Morgan fingerprint density at radius 2 is 1.57 bits per heavy atom. The molecule has 2 aromatic rings. The van der Waals surface area contributed by atoms with Crippen LogP contribution in [0.15, 0.2) is 30.3 Å². The van der Waals surface area contributed by atoms with Crippen LogP contribution in [-0.4, -0.2) is 5.11 Å². The summed E-state index contributed by atoms with van der Waals surface area (Å²) in [5.41, 5.74) is 2.69. The van der Waals surface area contributed by atoms with Gasteiger partial charge in [0.05, 0.1) is 5.02 Å². The van der Waals surface area contributed by atoms with E-state index in [-0.39, 0.29) is 11.2 Å². The summed E-state index contributed by atoms with van der Waals surface area (Å²) in [6.07, 6.45) is 0.505. The molecule has 4 heteroatoms. The fourth-order valence-corrected chi connectivity index (χ4v) is 2.81. The molecule has 0 spiro atoms. The topological polar surface area (TPSA) is 20.2 Å². The Hall–Kier alpha value is -0.890. The molecular weight excluding hydrogens is 327 g/mol. The predicted molar refractivity (Wildman–Crippen MR) is 91.1 cm³/mol. The highest BCUT2D eigenvalue weighted by Crippen LogP contribution is 2.36. The minimum absolute atomic E-state index is 0.0458. The van der Waals surface area contributed by atoms with Crippen molar-refractivity contribution in [3.63, 3.8) is 0 Å². The third kappa shape index (κ3) is 3.85. The lowest BCUT2D eigenvalue weighted by molar-refractivity contribution is 0.468.